The molecule has 2 aromatic rings. The van der Waals surface area contributed by atoms with E-state index in [4.69, 9.17) is 4.52 Å². The summed E-state index contributed by atoms with van der Waals surface area (Å²) in [5.74, 6) is 0.472. The molecule has 2 aromatic heterocycles. The van der Waals surface area contributed by atoms with Crippen LogP contribution in [0.4, 0.5) is 0 Å². The number of thiophene rings is 1. The molecular formula is C14H17N3O2S. The van der Waals surface area contributed by atoms with Crippen LogP contribution in [0, 0.1) is 0 Å². The third-order valence-electron chi connectivity index (χ3n) is 3.68. The molecule has 1 saturated heterocycles. The molecule has 1 amide bonds. The number of hydrogen-bond donors (Lipinski definition) is 1. The van der Waals surface area contributed by atoms with Gasteiger partial charge in [-0.1, -0.05) is 11.2 Å². The molecule has 1 atom stereocenters. The minimum atomic E-state index is -0.170. The molecule has 1 fully saturated rings. The first-order valence-corrected chi connectivity index (χ1v) is 7.61. The van der Waals surface area contributed by atoms with Gasteiger partial charge in [0.05, 0.1) is 4.88 Å². The lowest BCUT2D eigenvalue weighted by molar-refractivity contribution is 0.0934. The monoisotopic (exact) mass is 291 g/mol. The topological polar surface area (TPSA) is 58.4 Å². The van der Waals surface area contributed by atoms with E-state index in [1.807, 2.05) is 17.5 Å². The largest absolute Gasteiger partial charge is 0.355 e. The zero-order valence-electron chi connectivity index (χ0n) is 11.3. The Morgan fingerprint density at radius 3 is 3.25 bits per heavy atom. The second-order valence-electron chi connectivity index (χ2n) is 5.04. The predicted molar refractivity (Wildman–Crippen MR) is 77.8 cm³/mol. The number of carbonyl (C=O) groups is 1. The molecule has 5 nitrogen and oxygen atoms in total. The fourth-order valence-corrected chi connectivity index (χ4v) is 3.13. The van der Waals surface area contributed by atoms with Crippen LogP contribution in [0.15, 0.2) is 28.1 Å². The number of carbonyl (C=O) groups excluding carboxylic acids is 1. The van der Waals surface area contributed by atoms with Crippen LogP contribution >= 0.6 is 11.3 Å². The highest BCUT2D eigenvalue weighted by Crippen LogP contribution is 2.25. The molecule has 20 heavy (non-hydrogen) atoms. The molecular weight excluding hydrogens is 274 g/mol. The average Bonchev–Trinajstić information content (AvgIpc) is 3.17. The second-order valence-corrected chi connectivity index (χ2v) is 5.99. The van der Waals surface area contributed by atoms with Gasteiger partial charge in [-0.15, -0.1) is 11.3 Å². The molecule has 1 N–H and O–H groups in total. The summed E-state index contributed by atoms with van der Waals surface area (Å²) in [6.45, 7) is 1.77. The van der Waals surface area contributed by atoms with E-state index < -0.39 is 0 Å². The summed E-state index contributed by atoms with van der Waals surface area (Å²) in [6, 6.07) is 6.01. The summed E-state index contributed by atoms with van der Waals surface area (Å²) in [4.78, 5) is 15.3. The van der Waals surface area contributed by atoms with Crippen molar-refractivity contribution in [2.45, 2.75) is 18.9 Å². The molecule has 0 saturated carbocycles. The van der Waals surface area contributed by atoms with Crippen LogP contribution in [0.3, 0.4) is 0 Å². The number of nitrogens with zero attached hydrogens (tertiary/aromatic N) is 2. The highest BCUT2D eigenvalue weighted by molar-refractivity contribution is 7.13. The van der Waals surface area contributed by atoms with Gasteiger partial charge in [-0.05, 0) is 37.9 Å². The van der Waals surface area contributed by atoms with Gasteiger partial charge in [-0.25, -0.2) is 0 Å². The molecule has 3 rings (SSSR count). The van der Waals surface area contributed by atoms with Gasteiger partial charge in [0.2, 0.25) is 0 Å². The van der Waals surface area contributed by atoms with Crippen molar-refractivity contribution in [3.8, 4) is 10.6 Å². The standard InChI is InChI=1S/C14H17N3O2S/c1-17-6-2-4-10(17)9-15-14(18)11-8-12(19-16-11)13-5-3-7-20-13/h3,5,7-8,10H,2,4,6,9H2,1H3,(H,15,18). The quantitative estimate of drug-likeness (QED) is 0.938. The molecule has 0 radical (unpaired) electrons. The highest BCUT2D eigenvalue weighted by atomic mass is 32.1. The van der Waals surface area contributed by atoms with Crippen LogP contribution < -0.4 is 5.32 Å². The Labute approximate surface area is 121 Å². The summed E-state index contributed by atoms with van der Waals surface area (Å²) in [5, 5.41) is 8.74. The molecule has 3 heterocycles. The van der Waals surface area contributed by atoms with Crippen molar-refractivity contribution in [2.75, 3.05) is 20.1 Å². The van der Waals surface area contributed by atoms with Gasteiger partial charge in [-0.3, -0.25) is 4.79 Å². The molecule has 0 aliphatic carbocycles. The van der Waals surface area contributed by atoms with E-state index in [1.165, 1.54) is 6.42 Å². The van der Waals surface area contributed by atoms with Gasteiger partial charge >= 0.3 is 0 Å². The van der Waals surface area contributed by atoms with Gasteiger partial charge < -0.3 is 14.7 Å². The SMILES string of the molecule is CN1CCCC1CNC(=O)c1cc(-c2cccs2)on1. The number of amides is 1. The summed E-state index contributed by atoms with van der Waals surface area (Å²) >= 11 is 1.56. The first-order valence-electron chi connectivity index (χ1n) is 6.73. The Hall–Kier alpha value is -1.66. The van der Waals surface area contributed by atoms with Crippen LogP contribution in [-0.2, 0) is 0 Å². The summed E-state index contributed by atoms with van der Waals surface area (Å²) in [5.41, 5.74) is 0.342. The average molecular weight is 291 g/mol. The van der Waals surface area contributed by atoms with Crippen LogP contribution in [0.5, 0.6) is 0 Å². The minimum Gasteiger partial charge on any atom is -0.355 e. The number of likely N-dealkylation sites (N-methyl/N-ethyl adjacent to an activating group) is 1. The lowest BCUT2D eigenvalue weighted by Crippen LogP contribution is -2.38. The number of hydrogen-bond acceptors (Lipinski definition) is 5. The van der Waals surface area contributed by atoms with Crippen LogP contribution in [0.1, 0.15) is 23.3 Å². The zero-order chi connectivity index (χ0) is 13.9. The Morgan fingerprint density at radius 1 is 1.65 bits per heavy atom. The number of rotatable bonds is 4. The van der Waals surface area contributed by atoms with E-state index in [2.05, 4.69) is 22.4 Å². The third kappa shape index (κ3) is 2.76. The Bertz CT molecular complexity index is 579. The molecule has 106 valence electrons. The van der Waals surface area contributed by atoms with Gasteiger partial charge in [0, 0.05) is 18.7 Å². The Kier molecular flexibility index (Phi) is 3.84. The van der Waals surface area contributed by atoms with Crippen LogP contribution in [0.2, 0.25) is 0 Å². The zero-order valence-corrected chi connectivity index (χ0v) is 12.2. The normalized spacial score (nSPS) is 19.4. The van der Waals surface area contributed by atoms with Crippen LogP contribution in [0.25, 0.3) is 10.6 Å². The van der Waals surface area contributed by atoms with Crippen LogP contribution in [-0.4, -0.2) is 42.1 Å². The van der Waals surface area contributed by atoms with E-state index in [0.29, 0.717) is 24.0 Å². The third-order valence-corrected chi connectivity index (χ3v) is 4.56. The maximum atomic E-state index is 12.0. The van der Waals surface area contributed by atoms with Gasteiger partial charge in [0.15, 0.2) is 11.5 Å². The van der Waals surface area contributed by atoms with Crippen molar-refractivity contribution >= 4 is 17.2 Å². The lowest BCUT2D eigenvalue weighted by Gasteiger charge is -2.19. The van der Waals surface area contributed by atoms with Crippen molar-refractivity contribution < 1.29 is 9.32 Å². The fourth-order valence-electron chi connectivity index (χ4n) is 2.46. The first kappa shape index (κ1) is 13.3. The van der Waals surface area contributed by atoms with Crippen molar-refractivity contribution in [1.29, 1.82) is 0 Å². The van der Waals surface area contributed by atoms with Gasteiger partial charge in [0.1, 0.15) is 0 Å². The lowest BCUT2D eigenvalue weighted by atomic mass is 10.2. The van der Waals surface area contributed by atoms with E-state index in [1.54, 1.807) is 17.4 Å². The smallest absolute Gasteiger partial charge is 0.273 e. The minimum absolute atomic E-state index is 0.170. The van der Waals surface area contributed by atoms with Gasteiger partial charge in [0.25, 0.3) is 5.91 Å². The molecule has 0 bridgehead atoms. The second kappa shape index (κ2) is 5.76. The highest BCUT2D eigenvalue weighted by Gasteiger charge is 2.22. The van der Waals surface area contributed by atoms with E-state index in [-0.39, 0.29) is 5.91 Å². The first-order chi connectivity index (χ1) is 9.74. The molecule has 1 unspecified atom stereocenters. The van der Waals surface area contributed by atoms with E-state index in [0.717, 1.165) is 17.8 Å². The number of likely N-dealkylation sites (tertiary alicyclic amines) is 1. The predicted octanol–water partition coefficient (Wildman–Crippen LogP) is 2.23. The fraction of sp³-hybridized carbons (Fsp3) is 0.429. The Balaban J connectivity index is 1.60. The molecule has 1 aliphatic heterocycles. The summed E-state index contributed by atoms with van der Waals surface area (Å²) in [6.07, 6.45) is 2.33. The van der Waals surface area contributed by atoms with Crippen molar-refractivity contribution in [1.82, 2.24) is 15.4 Å². The Morgan fingerprint density at radius 2 is 2.55 bits per heavy atom. The maximum Gasteiger partial charge on any atom is 0.273 e. The van der Waals surface area contributed by atoms with Crippen molar-refractivity contribution in [3.05, 3.63) is 29.3 Å². The molecule has 0 aromatic carbocycles. The summed E-state index contributed by atoms with van der Waals surface area (Å²) in [7, 11) is 2.09. The van der Waals surface area contributed by atoms with Gasteiger partial charge in [-0.2, -0.15) is 0 Å². The van der Waals surface area contributed by atoms with E-state index >= 15 is 0 Å². The van der Waals surface area contributed by atoms with E-state index in [9.17, 15) is 4.79 Å². The molecule has 1 aliphatic rings. The van der Waals surface area contributed by atoms with Crippen molar-refractivity contribution in [3.63, 3.8) is 0 Å². The summed E-state index contributed by atoms with van der Waals surface area (Å²) < 4.78 is 5.21. The molecule has 0 spiro atoms. The maximum absolute atomic E-state index is 12.0. The number of nitrogens with one attached hydrogen (secondary N) is 1. The van der Waals surface area contributed by atoms with Crippen molar-refractivity contribution in [2.24, 2.45) is 0 Å². The number of aromatic nitrogens is 1. The molecule has 6 heteroatoms.